The molecule has 0 saturated carbocycles. The van der Waals surface area contributed by atoms with Crippen molar-refractivity contribution in [3.8, 4) is 0 Å². The maximum atomic E-state index is 12.8. The monoisotopic (exact) mass is 1500 g/mol. The Bertz CT molecular complexity index is 2620. The number of amides is 3. The molecule has 2 atom stereocenters. The number of carbonyl (C=O) groups is 8. The van der Waals surface area contributed by atoms with Crippen molar-refractivity contribution in [2.24, 2.45) is 0 Å². The smallest absolute Gasteiger partial charge is 0.416 e. The zero-order valence-corrected chi connectivity index (χ0v) is 55.4. The van der Waals surface area contributed by atoms with Crippen LogP contribution in [-0.4, -0.2) is 119 Å². The quantitative estimate of drug-likeness (QED) is 0.0269. The van der Waals surface area contributed by atoms with E-state index in [1.54, 1.807) is 66.1 Å². The Labute approximate surface area is 528 Å². The molecule has 445 valence electrons. The number of carboxylic acids is 1. The second-order valence-corrected chi connectivity index (χ2v) is 22.0. The normalized spacial score (nSPS) is 11.3. The van der Waals surface area contributed by atoms with Crippen LogP contribution in [0, 0.1) is 45.0 Å². The molecule has 0 unspecified atom stereocenters. The van der Waals surface area contributed by atoms with Gasteiger partial charge in [-0.1, -0.05) is 63.6 Å². The number of nitrogens with one attached hydrogen (secondary N) is 1. The number of anilines is 2. The number of Topliss-reactive ketones (excluding diaryl/α,β-unsaturated/α-hetero) is 2. The molecule has 4 aromatic rings. The number of halogens is 3. The van der Waals surface area contributed by atoms with Crippen molar-refractivity contribution in [3.05, 3.63) is 116 Å². The van der Waals surface area contributed by atoms with Gasteiger partial charge in [-0.05, 0) is 142 Å². The van der Waals surface area contributed by atoms with Gasteiger partial charge in [-0.25, -0.2) is 19.6 Å². The first kappa shape index (κ1) is 75.8. The summed E-state index contributed by atoms with van der Waals surface area (Å²) in [7, 11) is 3.16. The number of benzene rings is 2. The van der Waals surface area contributed by atoms with Gasteiger partial charge in [-0.15, -0.1) is 11.6 Å². The minimum absolute atomic E-state index is 0. The van der Waals surface area contributed by atoms with E-state index in [4.69, 9.17) is 33.6 Å². The molecule has 0 aliphatic rings. The Kier molecular flexibility index (Phi) is 38.3. The van der Waals surface area contributed by atoms with Crippen LogP contribution in [0.4, 0.5) is 21.2 Å². The Morgan fingerprint density at radius 2 is 1.09 bits per heavy atom. The van der Waals surface area contributed by atoms with Crippen molar-refractivity contribution in [1.82, 2.24) is 21.4 Å². The molecule has 81 heavy (non-hydrogen) atoms. The summed E-state index contributed by atoms with van der Waals surface area (Å²) in [6.45, 7) is 14.8. The maximum Gasteiger partial charge on any atom is 0.416 e. The summed E-state index contributed by atoms with van der Waals surface area (Å²) in [6, 6.07) is 22.1. The number of pyridine rings is 2. The number of ketones is 2. The number of carbonyl (C=O) groups excluding carboxylic acids is 7. The molecule has 0 fully saturated rings. The number of nitrogens with zero attached hydrogens (tertiary/aromatic N) is 4. The van der Waals surface area contributed by atoms with Gasteiger partial charge in [0, 0.05) is 97.1 Å². The summed E-state index contributed by atoms with van der Waals surface area (Å²) in [5.41, 5.74) is 2.32. The van der Waals surface area contributed by atoms with E-state index in [-0.39, 0.29) is 144 Å². The van der Waals surface area contributed by atoms with Gasteiger partial charge in [0.15, 0.2) is 5.78 Å². The van der Waals surface area contributed by atoms with Crippen LogP contribution in [0.25, 0.3) is 0 Å². The molecule has 0 spiro atoms. The van der Waals surface area contributed by atoms with Crippen molar-refractivity contribution < 1.29 is 93.5 Å². The van der Waals surface area contributed by atoms with E-state index < -0.39 is 35.3 Å². The molecule has 0 saturated heterocycles. The van der Waals surface area contributed by atoms with Crippen LogP contribution in [0.3, 0.4) is 0 Å². The van der Waals surface area contributed by atoms with Crippen molar-refractivity contribution in [1.29, 1.82) is 2.67 Å². The van der Waals surface area contributed by atoms with E-state index in [2.05, 4.69) is 51.9 Å². The Hall–Kier alpha value is -5.17. The van der Waals surface area contributed by atoms with Crippen LogP contribution in [0.1, 0.15) is 140 Å². The van der Waals surface area contributed by atoms with E-state index in [1.807, 2.05) is 74.5 Å². The van der Waals surface area contributed by atoms with Gasteiger partial charge < -0.3 is 35.5 Å². The molecule has 5 N–H and O–H groups in total. The second-order valence-electron chi connectivity index (χ2n) is 19.6. The molecule has 3 amide bonds. The van der Waals surface area contributed by atoms with Gasteiger partial charge in [0.2, 0.25) is 5.91 Å². The predicted octanol–water partition coefficient (Wildman–Crippen LogP) is 11.6. The first-order chi connectivity index (χ1) is 37.5. The van der Waals surface area contributed by atoms with Crippen LogP contribution in [-0.2, 0) is 47.7 Å². The van der Waals surface area contributed by atoms with Crippen LogP contribution in [0.2, 0.25) is 0 Å². The van der Waals surface area contributed by atoms with Gasteiger partial charge in [0.05, 0.1) is 53.7 Å². The molecule has 1 radical (unpaired) electrons. The Balaban J connectivity index is -0.00000122. The number of ether oxygens (including phenoxy) is 4. The van der Waals surface area contributed by atoms with Gasteiger partial charge in [0.1, 0.15) is 28.6 Å². The number of aryl methyl sites for hydroxylation is 2. The standard InChI is InChI=1S/C28H36BrN3O6.C18H26N2O5.C10H10BrClO2.CH4.BH2.H3N.U/c1-19-12-13-30-24(15-19)32(27(36)38-28(2,3)4)14-6-7-25(34)31-18-23(33)16-21(17-26(35)37-5)20-8-10-22(29)11-9-20;1-13-9-10-19-15(12-13)20(17(24)25-18(2,3)4)11-5-6-14(21)7-8-16(22)23;1-14-10(13)6-9(12)7-2-4-8(11)5-3-7;;;;/h8-13,15,21H,6-7,14,16-18H2,1-5H3,(H,31,34);9-10,12H,5-8,11H2,1-4H3,(H,22,23);2-5,9H,6H2,1H3;1H4;1H2;1H3;/t21-;;9-;;;;/m1.1..../s1/i;;;;1T2;;. The van der Waals surface area contributed by atoms with Crippen LogP contribution in [0.15, 0.2) is 94.1 Å². The van der Waals surface area contributed by atoms with E-state index in [1.165, 1.54) is 24.0 Å². The topological polar surface area (TPSA) is 273 Å². The molecule has 0 aliphatic carbocycles. The van der Waals surface area contributed by atoms with E-state index in [0.29, 0.717) is 32.8 Å². The number of esters is 2. The van der Waals surface area contributed by atoms with Crippen molar-refractivity contribution in [3.63, 3.8) is 0 Å². The SMILES string of the molecule is C.COC(=O)C[C@@H](CC(=O)CNC(=O)CCCN(C(=O)OC(C)(C)C)c1cc(C)ccn1)c1ccc(Br)cc1.COC(=O)C[C@@H](Cl)c1ccc(Br)cc1.Cc1ccnc(N(CCCC(=O)CCC(=O)O)C(=O)OC(C)(C)C)c1.N.[3H][B][3H].[U]. The van der Waals surface area contributed by atoms with E-state index in [9.17, 15) is 38.4 Å². The molecule has 4 rings (SSSR count). The number of carboxylic acid groups (broad SMARTS) is 1. The molecule has 19 nitrogen and oxygen atoms in total. The number of hydrogen-bond acceptors (Lipinski definition) is 15. The molecule has 2 aromatic carbocycles. The molecular weight excluding hydrogens is 1420 g/mol. The summed E-state index contributed by atoms with van der Waals surface area (Å²) >= 11 is 12.7. The summed E-state index contributed by atoms with van der Waals surface area (Å²) in [6.07, 6.45) is 3.40. The minimum Gasteiger partial charge on any atom is -0.481 e. The zero-order chi connectivity index (χ0) is 60.6. The Morgan fingerprint density at radius 1 is 0.667 bits per heavy atom. The largest absolute Gasteiger partial charge is 0.481 e. The second kappa shape index (κ2) is 40.9. The van der Waals surface area contributed by atoms with Gasteiger partial charge in [-0.3, -0.25) is 38.6 Å². The third-order valence-corrected chi connectivity index (χ3v) is 12.0. The maximum absolute atomic E-state index is 12.8. The fraction of sp³-hybridized carbons (Fsp3) is 0.474. The first-order valence-corrected chi connectivity index (χ1v) is 26.8. The van der Waals surface area contributed by atoms with Gasteiger partial charge in [0.25, 0.3) is 0 Å². The van der Waals surface area contributed by atoms with Crippen LogP contribution >= 0.6 is 43.5 Å². The fourth-order valence-corrected chi connectivity index (χ4v) is 7.55. The van der Waals surface area contributed by atoms with Gasteiger partial charge in [-0.2, -0.15) is 0 Å². The van der Waals surface area contributed by atoms with Crippen LogP contribution < -0.4 is 21.3 Å². The molecule has 24 heteroatoms. The number of rotatable bonds is 23. The van der Waals surface area contributed by atoms with Gasteiger partial charge >= 0.3 is 30.1 Å². The third-order valence-electron chi connectivity index (χ3n) is 10.6. The third kappa shape index (κ3) is 34.8. The summed E-state index contributed by atoms with van der Waals surface area (Å²) < 4.78 is 33.6. The summed E-state index contributed by atoms with van der Waals surface area (Å²) in [5.74, 6) is -1.80. The number of methoxy groups -OCH3 is 2. The molecular formula is C57H81BBr2ClN6O13U. The molecule has 0 aliphatic heterocycles. The summed E-state index contributed by atoms with van der Waals surface area (Å²) in [4.78, 5) is 107. The summed E-state index contributed by atoms with van der Waals surface area (Å²) in [5, 5.41) is 10.9. The fourth-order valence-electron chi connectivity index (χ4n) is 6.75. The van der Waals surface area contributed by atoms with Crippen molar-refractivity contribution in [2.75, 3.05) is 43.7 Å². The average Bonchev–Trinajstić information content (AvgIpc) is 3.48. The predicted molar refractivity (Wildman–Crippen MR) is 321 cm³/mol. The number of hydrogen-bond donors (Lipinski definition) is 3. The molecule has 2 aromatic heterocycles. The van der Waals surface area contributed by atoms with Crippen LogP contribution in [0.5, 0.6) is 0 Å². The van der Waals surface area contributed by atoms with E-state index in [0.717, 1.165) is 31.2 Å². The minimum atomic E-state index is -0.993. The molecule has 2 heterocycles. The van der Waals surface area contributed by atoms with Crippen molar-refractivity contribution in [2.45, 2.75) is 143 Å². The number of aliphatic carboxylic acids is 1. The first-order valence-electron chi connectivity index (χ1n) is 25.9. The Morgan fingerprint density at radius 3 is 1.49 bits per heavy atom. The average molecular weight is 1510 g/mol. The number of aromatic nitrogens is 2. The number of alkyl halides is 1. The van der Waals surface area contributed by atoms with E-state index >= 15 is 0 Å². The molecule has 0 bridgehead atoms. The van der Waals surface area contributed by atoms with Crippen molar-refractivity contribution >= 4 is 111 Å². The zero-order valence-electron chi connectivity index (χ0n) is 49.3.